The number of piperidine rings is 1. The zero-order chi connectivity index (χ0) is 19.2. The van der Waals surface area contributed by atoms with Crippen LogP contribution in [0.25, 0.3) is 6.08 Å². The number of carbonyl (C=O) groups excluding carboxylic acids is 2. The van der Waals surface area contributed by atoms with E-state index in [4.69, 9.17) is 10.5 Å². The standard InChI is InChI=1S/C21H29N3O3/c1-16(25)24-13-7-17-5-2-3-6-19(17)20(24)15-21(26)23-11-8-18(9-12-23)27-14-4-10-22/h2-3,5-7,13,18,20H,4,8-12,14-15,22H2,1H3/t20-/m0/s1. The van der Waals surface area contributed by atoms with Gasteiger partial charge in [-0.2, -0.15) is 0 Å². The van der Waals surface area contributed by atoms with Crippen LogP contribution in [-0.2, 0) is 14.3 Å². The van der Waals surface area contributed by atoms with Gasteiger partial charge in [0.05, 0.1) is 18.6 Å². The number of benzene rings is 1. The molecule has 1 aromatic carbocycles. The number of amides is 2. The molecule has 1 saturated heterocycles. The van der Waals surface area contributed by atoms with Crippen LogP contribution >= 0.6 is 0 Å². The van der Waals surface area contributed by atoms with Gasteiger partial charge >= 0.3 is 0 Å². The van der Waals surface area contributed by atoms with Gasteiger partial charge in [0.15, 0.2) is 0 Å². The van der Waals surface area contributed by atoms with E-state index in [9.17, 15) is 9.59 Å². The van der Waals surface area contributed by atoms with Crippen LogP contribution in [0, 0.1) is 0 Å². The molecule has 2 amide bonds. The SMILES string of the molecule is CC(=O)N1C=Cc2ccccc2[C@@H]1CC(=O)N1CCC(OCCCN)CC1. The number of nitrogens with two attached hydrogens (primary N) is 1. The minimum absolute atomic E-state index is 0.0504. The second kappa shape index (κ2) is 9.15. The van der Waals surface area contributed by atoms with E-state index < -0.39 is 0 Å². The molecule has 2 heterocycles. The Kier molecular flexibility index (Phi) is 6.63. The van der Waals surface area contributed by atoms with Gasteiger partial charge in [0.25, 0.3) is 0 Å². The lowest BCUT2D eigenvalue weighted by Gasteiger charge is -2.36. The van der Waals surface area contributed by atoms with Crippen molar-refractivity contribution in [2.24, 2.45) is 5.73 Å². The van der Waals surface area contributed by atoms with Crippen LogP contribution in [0.15, 0.2) is 30.5 Å². The molecular formula is C21H29N3O3. The molecule has 0 aromatic heterocycles. The molecule has 6 heteroatoms. The Balaban J connectivity index is 1.61. The normalized spacial score (nSPS) is 19.9. The van der Waals surface area contributed by atoms with Crippen LogP contribution < -0.4 is 5.73 Å². The summed E-state index contributed by atoms with van der Waals surface area (Å²) in [4.78, 5) is 28.6. The second-order valence-electron chi connectivity index (χ2n) is 7.18. The van der Waals surface area contributed by atoms with Crippen molar-refractivity contribution in [2.75, 3.05) is 26.2 Å². The van der Waals surface area contributed by atoms with E-state index in [1.54, 1.807) is 18.0 Å². The van der Waals surface area contributed by atoms with Gasteiger partial charge in [-0.1, -0.05) is 24.3 Å². The summed E-state index contributed by atoms with van der Waals surface area (Å²) >= 11 is 0. The highest BCUT2D eigenvalue weighted by atomic mass is 16.5. The van der Waals surface area contributed by atoms with E-state index in [0.717, 1.165) is 30.4 Å². The number of fused-ring (bicyclic) bond motifs is 1. The largest absolute Gasteiger partial charge is 0.378 e. The van der Waals surface area contributed by atoms with Gasteiger partial charge in [-0.3, -0.25) is 9.59 Å². The molecule has 2 aliphatic rings. The molecule has 3 rings (SSSR count). The maximum Gasteiger partial charge on any atom is 0.225 e. The van der Waals surface area contributed by atoms with Crippen LogP contribution in [-0.4, -0.2) is 54.0 Å². The van der Waals surface area contributed by atoms with Crippen LogP contribution in [0.1, 0.15) is 49.8 Å². The van der Waals surface area contributed by atoms with Gasteiger partial charge < -0.3 is 20.3 Å². The Labute approximate surface area is 161 Å². The number of ether oxygens (including phenoxy) is 1. The number of likely N-dealkylation sites (tertiary alicyclic amines) is 1. The molecule has 0 aliphatic carbocycles. The molecule has 1 fully saturated rings. The summed E-state index contributed by atoms with van der Waals surface area (Å²) < 4.78 is 5.82. The van der Waals surface area contributed by atoms with Crippen molar-refractivity contribution in [2.45, 2.75) is 44.8 Å². The van der Waals surface area contributed by atoms with Crippen molar-refractivity contribution in [1.82, 2.24) is 9.80 Å². The maximum atomic E-state index is 12.9. The Morgan fingerprint density at radius 1 is 1.22 bits per heavy atom. The first-order chi connectivity index (χ1) is 13.1. The van der Waals surface area contributed by atoms with E-state index in [0.29, 0.717) is 32.7 Å². The van der Waals surface area contributed by atoms with Gasteiger partial charge in [0.2, 0.25) is 11.8 Å². The predicted octanol–water partition coefficient (Wildman–Crippen LogP) is 2.31. The quantitative estimate of drug-likeness (QED) is 0.779. The van der Waals surface area contributed by atoms with Crippen molar-refractivity contribution in [3.8, 4) is 0 Å². The molecule has 0 spiro atoms. The minimum atomic E-state index is -0.241. The first-order valence-electron chi connectivity index (χ1n) is 9.75. The van der Waals surface area contributed by atoms with Crippen LogP contribution in [0.4, 0.5) is 0 Å². The lowest BCUT2D eigenvalue weighted by atomic mass is 9.93. The Bertz CT molecular complexity index is 696. The van der Waals surface area contributed by atoms with Crippen LogP contribution in [0.5, 0.6) is 0 Å². The van der Waals surface area contributed by atoms with E-state index in [1.807, 2.05) is 35.2 Å². The lowest BCUT2D eigenvalue weighted by Crippen LogP contribution is -2.43. The summed E-state index contributed by atoms with van der Waals surface area (Å²) in [6.45, 7) is 4.28. The third kappa shape index (κ3) is 4.76. The maximum absolute atomic E-state index is 12.9. The molecule has 2 N–H and O–H groups in total. The second-order valence-corrected chi connectivity index (χ2v) is 7.18. The third-order valence-corrected chi connectivity index (χ3v) is 5.33. The topological polar surface area (TPSA) is 75.9 Å². The van der Waals surface area contributed by atoms with Crippen molar-refractivity contribution in [3.63, 3.8) is 0 Å². The average Bonchev–Trinajstić information content (AvgIpc) is 2.68. The predicted molar refractivity (Wildman–Crippen MR) is 105 cm³/mol. The van der Waals surface area contributed by atoms with Crippen LogP contribution in [0.2, 0.25) is 0 Å². The van der Waals surface area contributed by atoms with Crippen LogP contribution in [0.3, 0.4) is 0 Å². The first kappa shape index (κ1) is 19.6. The van der Waals surface area contributed by atoms with E-state index >= 15 is 0 Å². The Hall–Kier alpha value is -2.18. The molecule has 0 radical (unpaired) electrons. The molecule has 0 unspecified atom stereocenters. The summed E-state index contributed by atoms with van der Waals surface area (Å²) in [5.41, 5.74) is 7.60. The molecule has 1 atom stereocenters. The monoisotopic (exact) mass is 371 g/mol. The molecular weight excluding hydrogens is 342 g/mol. The first-order valence-corrected chi connectivity index (χ1v) is 9.75. The highest BCUT2D eigenvalue weighted by molar-refractivity contribution is 5.82. The fourth-order valence-electron chi connectivity index (χ4n) is 3.81. The highest BCUT2D eigenvalue weighted by Gasteiger charge is 2.31. The van der Waals surface area contributed by atoms with Gasteiger partial charge in [0.1, 0.15) is 0 Å². The summed E-state index contributed by atoms with van der Waals surface area (Å²) in [5.74, 6) is 0.0438. The van der Waals surface area contributed by atoms with Gasteiger partial charge in [0, 0.05) is 32.8 Å². The number of rotatable bonds is 6. The van der Waals surface area contributed by atoms with E-state index in [1.165, 1.54) is 0 Å². The Morgan fingerprint density at radius 3 is 2.67 bits per heavy atom. The van der Waals surface area contributed by atoms with Crippen molar-refractivity contribution in [3.05, 3.63) is 41.6 Å². The summed E-state index contributed by atoms with van der Waals surface area (Å²) in [6.07, 6.45) is 6.82. The van der Waals surface area contributed by atoms with Gasteiger partial charge in [-0.25, -0.2) is 0 Å². The van der Waals surface area contributed by atoms with Gasteiger partial charge in [-0.05, 0) is 43.0 Å². The number of hydrogen-bond acceptors (Lipinski definition) is 4. The number of carbonyl (C=O) groups is 2. The molecule has 2 aliphatic heterocycles. The van der Waals surface area contributed by atoms with Crippen molar-refractivity contribution >= 4 is 17.9 Å². The molecule has 0 bridgehead atoms. The fraction of sp³-hybridized carbons (Fsp3) is 0.524. The summed E-state index contributed by atoms with van der Waals surface area (Å²) in [6, 6.07) is 7.71. The molecule has 27 heavy (non-hydrogen) atoms. The van der Waals surface area contributed by atoms with Gasteiger partial charge in [-0.15, -0.1) is 0 Å². The molecule has 1 aromatic rings. The number of hydrogen-bond donors (Lipinski definition) is 1. The van der Waals surface area contributed by atoms with Crippen molar-refractivity contribution in [1.29, 1.82) is 0 Å². The molecule has 146 valence electrons. The zero-order valence-electron chi connectivity index (χ0n) is 16.0. The fourth-order valence-corrected chi connectivity index (χ4v) is 3.81. The zero-order valence-corrected chi connectivity index (χ0v) is 16.0. The summed E-state index contributed by atoms with van der Waals surface area (Å²) in [5, 5.41) is 0. The molecule has 6 nitrogen and oxygen atoms in total. The van der Waals surface area contributed by atoms with E-state index in [-0.39, 0.29) is 24.0 Å². The van der Waals surface area contributed by atoms with E-state index in [2.05, 4.69) is 0 Å². The molecule has 0 saturated carbocycles. The van der Waals surface area contributed by atoms with Crippen molar-refractivity contribution < 1.29 is 14.3 Å². The third-order valence-electron chi connectivity index (χ3n) is 5.33. The minimum Gasteiger partial charge on any atom is -0.378 e. The smallest absolute Gasteiger partial charge is 0.225 e. The Morgan fingerprint density at radius 2 is 1.96 bits per heavy atom. The number of nitrogens with zero attached hydrogens (tertiary/aromatic N) is 2. The summed E-state index contributed by atoms with van der Waals surface area (Å²) in [7, 11) is 0. The lowest BCUT2D eigenvalue weighted by molar-refractivity contribution is -0.136. The highest BCUT2D eigenvalue weighted by Crippen LogP contribution is 2.33. The average molecular weight is 371 g/mol.